The number of unbranched alkanes of at least 4 members (excludes halogenated alkanes) is 40. The molecule has 0 aromatic carbocycles. The highest BCUT2D eigenvalue weighted by Crippen LogP contribution is 2.26. The Morgan fingerprint density at radius 1 is 0.500 bits per heavy atom. The fourth-order valence-electron chi connectivity index (χ4n) is 10.4. The summed E-state index contributed by atoms with van der Waals surface area (Å²) in [7, 11) is 0. The maximum Gasteiger partial charge on any atom is 0.306 e. The van der Waals surface area contributed by atoms with Crippen molar-refractivity contribution in [3.63, 3.8) is 0 Å². The van der Waals surface area contributed by atoms with Crippen molar-refractivity contribution in [2.45, 2.75) is 365 Å². The average molecular weight is 1080 g/mol. The first-order valence-corrected chi connectivity index (χ1v) is 32.6. The molecule has 0 spiro atoms. The molecule has 1 saturated heterocycles. The molecule has 0 saturated carbocycles. The lowest BCUT2D eigenvalue weighted by Crippen LogP contribution is -2.61. The van der Waals surface area contributed by atoms with Gasteiger partial charge in [0.25, 0.3) is 0 Å². The van der Waals surface area contributed by atoms with Gasteiger partial charge in [-0.1, -0.05) is 289 Å². The fourth-order valence-corrected chi connectivity index (χ4v) is 10.4. The van der Waals surface area contributed by atoms with E-state index in [1.807, 2.05) is 6.08 Å². The summed E-state index contributed by atoms with van der Waals surface area (Å²) in [5, 5.41) is 56.9. The molecule has 0 radical (unpaired) electrons. The van der Waals surface area contributed by atoms with E-state index in [0.717, 1.165) is 70.6 Å². The minimum Gasteiger partial charge on any atom is -0.454 e. The van der Waals surface area contributed by atoms with Crippen molar-refractivity contribution in [1.29, 1.82) is 0 Å². The number of nitrogens with one attached hydrogen (secondary N) is 1. The smallest absolute Gasteiger partial charge is 0.306 e. The second kappa shape index (κ2) is 53.8. The molecule has 76 heavy (non-hydrogen) atoms. The number of ether oxygens (including phenoxy) is 3. The minimum atomic E-state index is -1.61. The van der Waals surface area contributed by atoms with Crippen LogP contribution < -0.4 is 5.32 Å². The number of hydrogen-bond acceptors (Lipinski definition) is 10. The number of carbonyl (C=O) groups is 2. The van der Waals surface area contributed by atoms with Crippen LogP contribution >= 0.6 is 0 Å². The normalized spacial score (nSPS) is 19.2. The van der Waals surface area contributed by atoms with Crippen LogP contribution in [0.3, 0.4) is 0 Å². The van der Waals surface area contributed by atoms with Crippen molar-refractivity contribution in [3.05, 3.63) is 24.3 Å². The maximum atomic E-state index is 13.3. The molecular formula is C65H123NO10. The molecule has 1 fully saturated rings. The van der Waals surface area contributed by atoms with Gasteiger partial charge in [0.05, 0.1) is 25.4 Å². The zero-order valence-corrected chi connectivity index (χ0v) is 49.6. The summed E-state index contributed by atoms with van der Waals surface area (Å²) in [6, 6.07) is -1.02. The fraction of sp³-hybridized carbons (Fsp3) is 0.908. The van der Waals surface area contributed by atoms with Gasteiger partial charge in [0.2, 0.25) is 5.91 Å². The molecule has 1 aliphatic rings. The van der Waals surface area contributed by atoms with Gasteiger partial charge in [0.15, 0.2) is 12.4 Å². The van der Waals surface area contributed by atoms with Crippen LogP contribution in [-0.2, 0) is 23.8 Å². The molecule has 11 nitrogen and oxygen atoms in total. The molecule has 0 bridgehead atoms. The predicted octanol–water partition coefficient (Wildman–Crippen LogP) is 15.7. The van der Waals surface area contributed by atoms with Gasteiger partial charge in [0, 0.05) is 6.42 Å². The Balaban J connectivity index is 2.53. The van der Waals surface area contributed by atoms with Crippen molar-refractivity contribution in [2.75, 3.05) is 13.2 Å². The van der Waals surface area contributed by atoms with Crippen LogP contribution in [0.25, 0.3) is 0 Å². The zero-order valence-electron chi connectivity index (χ0n) is 49.6. The number of allylic oxidation sites excluding steroid dienone is 3. The second-order valence-corrected chi connectivity index (χ2v) is 22.9. The van der Waals surface area contributed by atoms with E-state index in [-0.39, 0.29) is 19.4 Å². The molecule has 11 heteroatoms. The van der Waals surface area contributed by atoms with Crippen LogP contribution in [0.5, 0.6) is 0 Å². The molecule has 8 unspecified atom stereocenters. The Morgan fingerprint density at radius 2 is 0.882 bits per heavy atom. The molecule has 0 aliphatic carbocycles. The number of esters is 1. The monoisotopic (exact) mass is 1080 g/mol. The Hall–Kier alpha value is -1.86. The first-order valence-electron chi connectivity index (χ1n) is 32.6. The molecule has 1 amide bonds. The van der Waals surface area contributed by atoms with Gasteiger partial charge in [0.1, 0.15) is 24.4 Å². The third-order valence-electron chi connectivity index (χ3n) is 15.6. The molecule has 448 valence electrons. The maximum absolute atomic E-state index is 13.3. The topological polar surface area (TPSA) is 175 Å². The van der Waals surface area contributed by atoms with Crippen molar-refractivity contribution in [2.24, 2.45) is 0 Å². The van der Waals surface area contributed by atoms with Crippen LogP contribution in [0.15, 0.2) is 24.3 Å². The van der Waals surface area contributed by atoms with Gasteiger partial charge in [-0.3, -0.25) is 9.59 Å². The van der Waals surface area contributed by atoms with E-state index in [1.54, 1.807) is 6.08 Å². The van der Waals surface area contributed by atoms with Gasteiger partial charge in [-0.2, -0.15) is 0 Å². The van der Waals surface area contributed by atoms with E-state index in [9.17, 15) is 35.1 Å². The highest BCUT2D eigenvalue weighted by atomic mass is 16.7. The summed E-state index contributed by atoms with van der Waals surface area (Å²) in [5.41, 5.74) is 0. The molecular weight excluding hydrogens is 955 g/mol. The van der Waals surface area contributed by atoms with E-state index in [2.05, 4.69) is 38.2 Å². The summed E-state index contributed by atoms with van der Waals surface area (Å²) < 4.78 is 17.6. The lowest BCUT2D eigenvalue weighted by Gasteiger charge is -2.41. The summed E-state index contributed by atoms with van der Waals surface area (Å²) >= 11 is 0. The van der Waals surface area contributed by atoms with Gasteiger partial charge >= 0.3 is 5.97 Å². The lowest BCUT2D eigenvalue weighted by atomic mass is 9.99. The molecule has 8 atom stereocenters. The highest BCUT2D eigenvalue weighted by molar-refractivity contribution is 5.80. The SMILES string of the molecule is CCCC/C=C\CCCCCCC(O)C(=O)NC(COC1OC(CO)C(O)C(O)C1OC(=O)CCCCCCCCCCCCCCCCCCCCCCCCCCC)C(O)/C=C/CCCCCCCCCCCC. The van der Waals surface area contributed by atoms with Crippen LogP contribution in [0.1, 0.15) is 316 Å². The van der Waals surface area contributed by atoms with E-state index in [4.69, 9.17) is 14.2 Å². The van der Waals surface area contributed by atoms with Crippen molar-refractivity contribution >= 4 is 11.9 Å². The Morgan fingerprint density at radius 3 is 1.32 bits per heavy atom. The van der Waals surface area contributed by atoms with Crippen LogP contribution in [0.2, 0.25) is 0 Å². The first-order chi connectivity index (χ1) is 37.2. The third-order valence-corrected chi connectivity index (χ3v) is 15.6. The summed E-state index contributed by atoms with van der Waals surface area (Å²) in [6.45, 7) is 5.76. The molecule has 1 rings (SSSR count). The third kappa shape index (κ3) is 41.2. The number of aliphatic hydroxyl groups excluding tert-OH is 5. The Labute approximate surface area is 467 Å². The number of amides is 1. The number of hydrogen-bond donors (Lipinski definition) is 6. The van der Waals surface area contributed by atoms with Crippen LogP contribution in [0.4, 0.5) is 0 Å². The van der Waals surface area contributed by atoms with Crippen LogP contribution in [-0.4, -0.2) is 99.6 Å². The number of rotatable bonds is 56. The predicted molar refractivity (Wildman–Crippen MR) is 315 cm³/mol. The Bertz CT molecular complexity index is 1330. The lowest BCUT2D eigenvalue weighted by molar-refractivity contribution is -0.305. The highest BCUT2D eigenvalue weighted by Gasteiger charge is 2.47. The molecule has 0 aromatic heterocycles. The summed E-state index contributed by atoms with van der Waals surface area (Å²) in [4.78, 5) is 26.5. The van der Waals surface area contributed by atoms with E-state index in [0.29, 0.717) is 12.8 Å². The van der Waals surface area contributed by atoms with Crippen molar-refractivity contribution in [3.8, 4) is 0 Å². The minimum absolute atomic E-state index is 0.129. The largest absolute Gasteiger partial charge is 0.454 e. The zero-order chi connectivity index (χ0) is 55.4. The quantitative estimate of drug-likeness (QED) is 0.0195. The summed E-state index contributed by atoms with van der Waals surface area (Å²) in [5.74, 6) is -1.19. The molecule has 1 heterocycles. The van der Waals surface area contributed by atoms with Gasteiger partial charge in [-0.25, -0.2) is 0 Å². The Kier molecular flexibility index (Phi) is 51.0. The standard InChI is InChI=1S/C65H123NO10/c1-4-7-10-13-16-19-22-24-25-26-27-28-29-30-31-32-33-34-35-36-38-41-44-47-50-53-60(70)76-63-62(72)61(71)59(54-67)75-65(63)74-55-56(57(68)51-48-45-42-40-37-23-20-17-14-11-8-5-2)66-64(73)58(69)52-49-46-43-39-21-18-15-12-9-6-3/h15,18,48,51,56-59,61-63,65,67-69,71-72H,4-14,16-17,19-47,49-50,52-55H2,1-3H3,(H,66,73)/b18-15-,51-48+. The van der Waals surface area contributed by atoms with Gasteiger partial charge in [-0.15, -0.1) is 0 Å². The van der Waals surface area contributed by atoms with Crippen molar-refractivity contribution < 1.29 is 49.3 Å². The van der Waals surface area contributed by atoms with Gasteiger partial charge in [-0.05, 0) is 44.9 Å². The van der Waals surface area contributed by atoms with E-state index < -0.39 is 67.4 Å². The van der Waals surface area contributed by atoms with Crippen molar-refractivity contribution in [1.82, 2.24) is 5.32 Å². The van der Waals surface area contributed by atoms with Gasteiger partial charge < -0.3 is 45.1 Å². The van der Waals surface area contributed by atoms with Crippen LogP contribution in [0, 0.1) is 0 Å². The number of carbonyl (C=O) groups excluding carboxylic acids is 2. The van der Waals surface area contributed by atoms with E-state index in [1.165, 1.54) is 199 Å². The first kappa shape index (κ1) is 72.2. The molecule has 1 aliphatic heterocycles. The second-order valence-electron chi connectivity index (χ2n) is 22.9. The van der Waals surface area contributed by atoms with E-state index >= 15 is 0 Å². The molecule has 0 aromatic rings. The number of aliphatic hydroxyl groups is 5. The molecule has 6 N–H and O–H groups in total. The summed E-state index contributed by atoms with van der Waals surface area (Å²) in [6.07, 6.45) is 52.5. The average Bonchev–Trinajstić information content (AvgIpc) is 3.42.